The lowest BCUT2D eigenvalue weighted by molar-refractivity contribution is -0.123. The third-order valence-electron chi connectivity index (χ3n) is 3.71. The number of hydrogen-bond acceptors (Lipinski definition) is 4. The molecule has 116 valence electrons. The zero-order chi connectivity index (χ0) is 15.2. The smallest absolute Gasteiger partial charge is 0.239 e. The molecular formula is C15H22BrN3O2. The van der Waals surface area contributed by atoms with Gasteiger partial charge in [0.05, 0.1) is 6.61 Å². The number of amides is 1. The Morgan fingerprint density at radius 3 is 3.14 bits per heavy atom. The van der Waals surface area contributed by atoms with E-state index in [0.29, 0.717) is 12.5 Å². The van der Waals surface area contributed by atoms with E-state index in [1.54, 1.807) is 7.11 Å². The van der Waals surface area contributed by atoms with E-state index in [0.717, 1.165) is 24.0 Å². The fourth-order valence-corrected chi connectivity index (χ4v) is 2.93. The summed E-state index contributed by atoms with van der Waals surface area (Å²) < 4.78 is 5.97. The highest BCUT2D eigenvalue weighted by Gasteiger charge is 2.24. The largest absolute Gasteiger partial charge is 0.383 e. The van der Waals surface area contributed by atoms with Gasteiger partial charge in [-0.15, -0.1) is 0 Å². The topological polar surface area (TPSA) is 67.6 Å². The average molecular weight is 356 g/mol. The lowest BCUT2D eigenvalue weighted by Gasteiger charge is -2.19. The Labute approximate surface area is 134 Å². The maximum Gasteiger partial charge on any atom is 0.239 e. The normalized spacial score (nSPS) is 19.6. The van der Waals surface area contributed by atoms with Crippen LogP contribution in [0.4, 0.5) is 5.69 Å². The van der Waals surface area contributed by atoms with Crippen molar-refractivity contribution in [3.05, 3.63) is 28.7 Å². The molecule has 0 radical (unpaired) electrons. The minimum Gasteiger partial charge on any atom is -0.383 e. The van der Waals surface area contributed by atoms with Crippen LogP contribution in [0.2, 0.25) is 0 Å². The van der Waals surface area contributed by atoms with E-state index in [4.69, 9.17) is 10.5 Å². The monoisotopic (exact) mass is 355 g/mol. The van der Waals surface area contributed by atoms with Gasteiger partial charge in [-0.05, 0) is 30.5 Å². The van der Waals surface area contributed by atoms with Gasteiger partial charge in [0.15, 0.2) is 0 Å². The average Bonchev–Trinajstić information content (AvgIpc) is 2.94. The van der Waals surface area contributed by atoms with Gasteiger partial charge in [-0.25, -0.2) is 0 Å². The van der Waals surface area contributed by atoms with Crippen molar-refractivity contribution < 1.29 is 9.53 Å². The maximum absolute atomic E-state index is 11.7. The fourth-order valence-electron chi connectivity index (χ4n) is 2.54. The number of ether oxygens (including phenoxy) is 1. The second-order valence-electron chi connectivity index (χ2n) is 5.39. The van der Waals surface area contributed by atoms with Crippen molar-refractivity contribution >= 4 is 27.5 Å². The van der Waals surface area contributed by atoms with Crippen molar-refractivity contribution in [2.24, 2.45) is 11.7 Å². The van der Waals surface area contributed by atoms with Crippen LogP contribution in [0.5, 0.6) is 0 Å². The molecule has 2 unspecified atom stereocenters. The van der Waals surface area contributed by atoms with Crippen LogP contribution in [0.3, 0.4) is 0 Å². The predicted octanol–water partition coefficient (Wildman–Crippen LogP) is 1.37. The standard InChI is InChI=1S/C15H22BrN3O2/c1-21-10-14(17)15(20)18-8-11-5-6-19(9-11)13-4-2-3-12(16)7-13/h2-4,7,11,14H,5-6,8-10,17H2,1H3,(H,18,20). The number of carbonyl (C=O) groups excluding carboxylic acids is 1. The van der Waals surface area contributed by atoms with Crippen LogP contribution in [0.1, 0.15) is 6.42 Å². The van der Waals surface area contributed by atoms with Crippen molar-refractivity contribution in [3.8, 4) is 0 Å². The number of halogens is 1. The van der Waals surface area contributed by atoms with Gasteiger partial charge in [-0.1, -0.05) is 22.0 Å². The third-order valence-corrected chi connectivity index (χ3v) is 4.20. The predicted molar refractivity (Wildman–Crippen MR) is 87.3 cm³/mol. The highest BCUT2D eigenvalue weighted by Crippen LogP contribution is 2.25. The molecule has 21 heavy (non-hydrogen) atoms. The van der Waals surface area contributed by atoms with Crippen LogP contribution in [0.15, 0.2) is 28.7 Å². The Bertz CT molecular complexity index is 484. The van der Waals surface area contributed by atoms with Crippen molar-refractivity contribution in [2.75, 3.05) is 38.3 Å². The molecule has 6 heteroatoms. The van der Waals surface area contributed by atoms with Gasteiger partial charge in [0, 0.05) is 36.9 Å². The van der Waals surface area contributed by atoms with Gasteiger partial charge in [0.25, 0.3) is 0 Å². The summed E-state index contributed by atoms with van der Waals surface area (Å²) in [6.07, 6.45) is 1.08. The van der Waals surface area contributed by atoms with Gasteiger partial charge in [-0.3, -0.25) is 4.79 Å². The first-order valence-corrected chi connectivity index (χ1v) is 7.92. The summed E-state index contributed by atoms with van der Waals surface area (Å²) in [6, 6.07) is 7.71. The fraction of sp³-hybridized carbons (Fsp3) is 0.533. The lowest BCUT2D eigenvalue weighted by Crippen LogP contribution is -2.45. The number of nitrogens with one attached hydrogen (secondary N) is 1. The van der Waals surface area contributed by atoms with Gasteiger partial charge in [0.1, 0.15) is 6.04 Å². The minimum absolute atomic E-state index is 0.141. The molecule has 2 atom stereocenters. The second kappa shape index (κ2) is 7.77. The number of carbonyl (C=O) groups is 1. The van der Waals surface area contributed by atoms with Crippen LogP contribution in [0, 0.1) is 5.92 Å². The van der Waals surface area contributed by atoms with E-state index in [1.807, 2.05) is 12.1 Å². The molecule has 1 amide bonds. The summed E-state index contributed by atoms with van der Waals surface area (Å²) in [5.41, 5.74) is 6.91. The number of anilines is 1. The van der Waals surface area contributed by atoms with Crippen molar-refractivity contribution in [1.29, 1.82) is 0 Å². The van der Waals surface area contributed by atoms with E-state index >= 15 is 0 Å². The minimum atomic E-state index is -0.586. The van der Waals surface area contributed by atoms with Gasteiger partial charge >= 0.3 is 0 Å². The van der Waals surface area contributed by atoms with Gasteiger partial charge < -0.3 is 20.7 Å². The summed E-state index contributed by atoms with van der Waals surface area (Å²) in [7, 11) is 1.54. The molecule has 1 saturated heterocycles. The second-order valence-corrected chi connectivity index (χ2v) is 6.30. The Kier molecular flexibility index (Phi) is 6.02. The molecule has 0 aromatic heterocycles. The molecule has 1 heterocycles. The zero-order valence-corrected chi connectivity index (χ0v) is 13.8. The molecule has 1 aromatic carbocycles. The molecule has 0 saturated carbocycles. The molecule has 0 spiro atoms. The molecule has 1 aromatic rings. The highest BCUT2D eigenvalue weighted by atomic mass is 79.9. The van der Waals surface area contributed by atoms with Crippen LogP contribution < -0.4 is 16.0 Å². The van der Waals surface area contributed by atoms with E-state index < -0.39 is 6.04 Å². The van der Waals surface area contributed by atoms with Crippen LogP contribution in [-0.4, -0.2) is 45.3 Å². The van der Waals surface area contributed by atoms with Crippen LogP contribution in [-0.2, 0) is 9.53 Å². The first kappa shape index (κ1) is 16.3. The molecule has 1 aliphatic rings. The molecule has 3 N–H and O–H groups in total. The van der Waals surface area contributed by atoms with E-state index in [2.05, 4.69) is 38.3 Å². The van der Waals surface area contributed by atoms with Crippen LogP contribution >= 0.6 is 15.9 Å². The molecule has 0 aliphatic carbocycles. The molecular weight excluding hydrogens is 334 g/mol. The Hall–Kier alpha value is -1.11. The Morgan fingerprint density at radius 2 is 2.43 bits per heavy atom. The summed E-state index contributed by atoms with van der Waals surface area (Å²) in [4.78, 5) is 14.1. The first-order chi connectivity index (χ1) is 10.1. The number of hydrogen-bond donors (Lipinski definition) is 2. The molecule has 0 bridgehead atoms. The maximum atomic E-state index is 11.7. The number of methoxy groups -OCH3 is 1. The first-order valence-electron chi connectivity index (χ1n) is 7.13. The summed E-state index contributed by atoms with van der Waals surface area (Å²) >= 11 is 3.50. The van der Waals surface area contributed by atoms with E-state index in [1.165, 1.54) is 5.69 Å². The third kappa shape index (κ3) is 4.69. The summed E-state index contributed by atoms with van der Waals surface area (Å²) in [5, 5.41) is 2.91. The lowest BCUT2D eigenvalue weighted by atomic mass is 10.1. The van der Waals surface area contributed by atoms with E-state index in [-0.39, 0.29) is 12.5 Å². The molecule has 1 aliphatic heterocycles. The Morgan fingerprint density at radius 1 is 1.62 bits per heavy atom. The number of nitrogens with zero attached hydrogens (tertiary/aromatic N) is 1. The summed E-state index contributed by atoms with van der Waals surface area (Å²) in [6.45, 7) is 2.89. The highest BCUT2D eigenvalue weighted by molar-refractivity contribution is 9.10. The van der Waals surface area contributed by atoms with Gasteiger partial charge in [0.2, 0.25) is 5.91 Å². The zero-order valence-electron chi connectivity index (χ0n) is 12.2. The number of rotatable bonds is 6. The van der Waals surface area contributed by atoms with E-state index in [9.17, 15) is 4.79 Å². The van der Waals surface area contributed by atoms with Crippen molar-refractivity contribution in [3.63, 3.8) is 0 Å². The molecule has 1 fully saturated rings. The number of nitrogens with two attached hydrogens (primary N) is 1. The summed E-state index contributed by atoms with van der Waals surface area (Å²) in [5.74, 6) is 0.320. The number of benzene rings is 1. The molecule has 5 nitrogen and oxygen atoms in total. The van der Waals surface area contributed by atoms with Crippen molar-refractivity contribution in [1.82, 2.24) is 5.32 Å². The van der Waals surface area contributed by atoms with Crippen LogP contribution in [0.25, 0.3) is 0 Å². The van der Waals surface area contributed by atoms with Crippen molar-refractivity contribution in [2.45, 2.75) is 12.5 Å². The molecule has 2 rings (SSSR count). The SMILES string of the molecule is COCC(N)C(=O)NCC1CCN(c2cccc(Br)c2)C1. The quantitative estimate of drug-likeness (QED) is 0.808. The van der Waals surface area contributed by atoms with Gasteiger partial charge in [-0.2, -0.15) is 0 Å². The Balaban J connectivity index is 1.79.